The van der Waals surface area contributed by atoms with Crippen molar-refractivity contribution in [3.05, 3.63) is 66.0 Å². The number of fused-ring (bicyclic) bond motifs is 1. The predicted molar refractivity (Wildman–Crippen MR) is 196 cm³/mol. The highest BCUT2D eigenvalue weighted by molar-refractivity contribution is 5.88. The number of carbonyl (C=O) groups is 1. The quantitative estimate of drug-likeness (QED) is 0.158. The van der Waals surface area contributed by atoms with E-state index in [0.717, 1.165) is 48.4 Å². The molecule has 4 rings (SSSR count). The third-order valence-corrected chi connectivity index (χ3v) is 8.34. The highest BCUT2D eigenvalue weighted by atomic mass is 16.6. The van der Waals surface area contributed by atoms with E-state index in [1.54, 1.807) is 6.21 Å². The van der Waals surface area contributed by atoms with E-state index in [1.807, 2.05) is 94.1 Å². The molecule has 1 N–H and O–H groups in total. The molecule has 1 aliphatic rings. The van der Waals surface area contributed by atoms with Crippen LogP contribution in [-0.4, -0.2) is 68.5 Å². The van der Waals surface area contributed by atoms with Crippen LogP contribution in [0.2, 0.25) is 0 Å². The molecule has 0 radical (unpaired) electrons. The van der Waals surface area contributed by atoms with Crippen LogP contribution >= 0.6 is 0 Å². The molecule has 1 aromatic carbocycles. The molecule has 1 amide bonds. The molecule has 0 fully saturated rings. The largest absolute Gasteiger partial charge is 0.489 e. The Morgan fingerprint density at radius 2 is 1.94 bits per heavy atom. The number of aryl methyl sites for hydroxylation is 2. The number of hydrogen-bond donors (Lipinski definition) is 1. The van der Waals surface area contributed by atoms with Crippen molar-refractivity contribution in [2.45, 2.75) is 99.6 Å². The second-order valence-electron chi connectivity index (χ2n) is 13.5. The number of aromatic nitrogens is 3. The molecule has 3 aromatic rings. The van der Waals surface area contributed by atoms with E-state index in [0.29, 0.717) is 53.9 Å². The van der Waals surface area contributed by atoms with Gasteiger partial charge in [0.2, 0.25) is 0 Å². The van der Waals surface area contributed by atoms with Crippen LogP contribution in [0.15, 0.2) is 59.8 Å². The second kappa shape index (κ2) is 17.1. The third-order valence-electron chi connectivity index (χ3n) is 8.34. The molecule has 3 heterocycles. The fourth-order valence-corrected chi connectivity index (χ4v) is 5.36. The summed E-state index contributed by atoms with van der Waals surface area (Å²) in [6.45, 7) is 19.6. The zero-order valence-corrected chi connectivity index (χ0v) is 30.6. The van der Waals surface area contributed by atoms with Crippen LogP contribution in [0.25, 0.3) is 11.0 Å². The Labute approximate surface area is 291 Å². The van der Waals surface area contributed by atoms with Crippen molar-refractivity contribution in [1.82, 2.24) is 24.9 Å². The van der Waals surface area contributed by atoms with Crippen LogP contribution in [-0.2, 0) is 4.74 Å². The van der Waals surface area contributed by atoms with E-state index >= 15 is 0 Å². The lowest BCUT2D eigenvalue weighted by molar-refractivity contribution is 0.00958. The van der Waals surface area contributed by atoms with Crippen LogP contribution in [0.3, 0.4) is 0 Å². The number of pyridine rings is 1. The van der Waals surface area contributed by atoms with Gasteiger partial charge in [-0.2, -0.15) is 5.10 Å². The summed E-state index contributed by atoms with van der Waals surface area (Å²) in [6.07, 6.45) is 12.6. The zero-order valence-electron chi connectivity index (χ0n) is 30.6. The lowest BCUT2D eigenvalue weighted by atomic mass is 10.0. The number of benzene rings is 1. The van der Waals surface area contributed by atoms with Gasteiger partial charge in [0, 0.05) is 30.7 Å². The zero-order chi connectivity index (χ0) is 35.6. The summed E-state index contributed by atoms with van der Waals surface area (Å²) < 4.78 is 18.3. The number of anilines is 2. The molecule has 0 bridgehead atoms. The molecule has 2 aromatic heterocycles. The number of hydrogen-bond acceptors (Lipinski definition) is 10. The van der Waals surface area contributed by atoms with Crippen LogP contribution in [0, 0.1) is 19.8 Å². The van der Waals surface area contributed by atoms with Crippen LogP contribution < -0.4 is 14.8 Å². The van der Waals surface area contributed by atoms with Crippen molar-refractivity contribution in [3.8, 4) is 11.5 Å². The standard InChI is InChI=1S/C38H53N7O4/c1-10-26(4)14-13-19-45(37(46)49-38(7,8)9)30(11-2)24-47-34-23-32-35(42-28(34)6)36(40-25-39-32)43-29-15-16-33(27(5)22-29)48-31-17-20-44(21-18-31)41-12-3/h12,15-18,20,22-23,25-26,30H,10-11,13-14,19,21,24H2,1-9H3,(H,39,40,43)/b41-12-. The minimum atomic E-state index is -0.582. The van der Waals surface area contributed by atoms with Crippen LogP contribution in [0.4, 0.5) is 16.3 Å². The summed E-state index contributed by atoms with van der Waals surface area (Å²) in [6, 6.07) is 7.63. The number of ether oxygens (including phenoxy) is 3. The molecule has 2 atom stereocenters. The van der Waals surface area contributed by atoms with Gasteiger partial charge in [0.25, 0.3) is 0 Å². The first kappa shape index (κ1) is 37.2. The molecular formula is C38H53N7O4. The lowest BCUT2D eigenvalue weighted by Crippen LogP contribution is -2.46. The van der Waals surface area contributed by atoms with Crippen molar-refractivity contribution in [2.75, 3.05) is 25.0 Å². The van der Waals surface area contributed by atoms with Crippen molar-refractivity contribution in [2.24, 2.45) is 11.0 Å². The van der Waals surface area contributed by atoms with Crippen LogP contribution in [0.5, 0.6) is 11.5 Å². The first-order valence-corrected chi connectivity index (χ1v) is 17.3. The van der Waals surface area contributed by atoms with Gasteiger partial charge >= 0.3 is 6.09 Å². The maximum absolute atomic E-state index is 13.3. The van der Waals surface area contributed by atoms with Crippen molar-refractivity contribution >= 4 is 34.8 Å². The van der Waals surface area contributed by atoms with Crippen LogP contribution in [0.1, 0.15) is 85.4 Å². The Kier molecular flexibility index (Phi) is 13.0. The van der Waals surface area contributed by atoms with Gasteiger partial charge in [0.1, 0.15) is 41.3 Å². The van der Waals surface area contributed by atoms with E-state index in [4.69, 9.17) is 19.2 Å². The van der Waals surface area contributed by atoms with E-state index < -0.39 is 5.60 Å². The van der Waals surface area contributed by atoms with Crippen molar-refractivity contribution < 1.29 is 19.0 Å². The summed E-state index contributed by atoms with van der Waals surface area (Å²) in [5.41, 5.74) is 3.23. The number of nitrogens with one attached hydrogen (secondary N) is 1. The summed E-state index contributed by atoms with van der Waals surface area (Å²) >= 11 is 0. The molecule has 2 unspecified atom stereocenters. The molecule has 0 spiro atoms. The van der Waals surface area contributed by atoms with Crippen molar-refractivity contribution in [1.29, 1.82) is 0 Å². The normalized spacial score (nSPS) is 14.5. The maximum atomic E-state index is 13.3. The number of carbonyl (C=O) groups excluding carboxylic acids is 1. The van der Waals surface area contributed by atoms with Gasteiger partial charge in [0.05, 0.1) is 23.8 Å². The Morgan fingerprint density at radius 3 is 2.59 bits per heavy atom. The number of amides is 1. The minimum absolute atomic E-state index is 0.157. The molecule has 11 nitrogen and oxygen atoms in total. The van der Waals surface area contributed by atoms with Crippen molar-refractivity contribution in [3.63, 3.8) is 0 Å². The lowest BCUT2D eigenvalue weighted by Gasteiger charge is -2.33. The van der Waals surface area contributed by atoms with E-state index in [1.165, 1.54) is 6.33 Å². The minimum Gasteiger partial charge on any atom is -0.489 e. The average molecular weight is 672 g/mol. The summed E-state index contributed by atoms with van der Waals surface area (Å²) in [4.78, 5) is 29.0. The first-order valence-electron chi connectivity index (χ1n) is 17.3. The number of hydrazone groups is 1. The Bertz CT molecular complexity index is 1660. The molecule has 0 saturated heterocycles. The third kappa shape index (κ3) is 10.7. The monoisotopic (exact) mass is 671 g/mol. The van der Waals surface area contributed by atoms with Gasteiger partial charge in [-0.3, -0.25) is 5.01 Å². The fraction of sp³-hybridized carbons (Fsp3) is 0.500. The molecule has 11 heteroatoms. The number of rotatable bonds is 15. The maximum Gasteiger partial charge on any atom is 0.410 e. The Hall–Kier alpha value is -4.67. The predicted octanol–water partition coefficient (Wildman–Crippen LogP) is 8.70. The highest BCUT2D eigenvalue weighted by Gasteiger charge is 2.28. The van der Waals surface area contributed by atoms with E-state index in [2.05, 4.69) is 41.2 Å². The number of nitrogens with zero attached hydrogens (tertiary/aromatic N) is 6. The molecule has 1 aliphatic heterocycles. The smallest absolute Gasteiger partial charge is 0.410 e. The SMILES string of the molecule is C/C=N\N1C=CC(Oc2ccc(Nc3ncnc4cc(OCC(CC)N(CCCC(C)CC)C(=O)OC(C)(C)C)c(C)nc34)cc2C)=CC1. The van der Waals surface area contributed by atoms with E-state index in [9.17, 15) is 4.79 Å². The molecule has 0 saturated carbocycles. The highest BCUT2D eigenvalue weighted by Crippen LogP contribution is 2.30. The second-order valence-corrected chi connectivity index (χ2v) is 13.5. The molecular weight excluding hydrogens is 618 g/mol. The number of allylic oxidation sites excluding steroid dienone is 1. The fourth-order valence-electron chi connectivity index (χ4n) is 5.36. The van der Waals surface area contributed by atoms with Gasteiger partial charge in [-0.25, -0.2) is 19.7 Å². The summed E-state index contributed by atoms with van der Waals surface area (Å²) in [7, 11) is 0. The summed E-state index contributed by atoms with van der Waals surface area (Å²) in [5.74, 6) is 3.36. The van der Waals surface area contributed by atoms with Gasteiger partial charge < -0.3 is 24.4 Å². The Morgan fingerprint density at radius 1 is 1.14 bits per heavy atom. The first-order chi connectivity index (χ1) is 23.4. The molecule has 264 valence electrons. The summed E-state index contributed by atoms with van der Waals surface area (Å²) in [5, 5.41) is 9.49. The Balaban J connectivity index is 1.46. The van der Waals surface area contributed by atoms with E-state index in [-0.39, 0.29) is 12.1 Å². The topological polar surface area (TPSA) is 114 Å². The average Bonchev–Trinajstić information content (AvgIpc) is 3.05. The molecule has 49 heavy (non-hydrogen) atoms. The molecule has 0 aliphatic carbocycles. The van der Waals surface area contributed by atoms with Gasteiger partial charge in [-0.15, -0.1) is 0 Å². The van der Waals surface area contributed by atoms with Gasteiger partial charge in [-0.05, 0) is 103 Å². The van der Waals surface area contributed by atoms with Gasteiger partial charge in [0.15, 0.2) is 5.82 Å². The van der Waals surface area contributed by atoms with Gasteiger partial charge in [-0.1, -0.05) is 27.2 Å².